The molecule has 2 aliphatic rings. The number of halogens is 3. The van der Waals surface area contributed by atoms with Crippen molar-refractivity contribution in [1.29, 1.82) is 0 Å². The molecule has 24 heavy (non-hydrogen) atoms. The van der Waals surface area contributed by atoms with Crippen LogP contribution < -0.4 is 5.59 Å². The largest absolute Gasteiger partial charge is 0.514 e. The predicted molar refractivity (Wildman–Crippen MR) is 82.0 cm³/mol. The van der Waals surface area contributed by atoms with Gasteiger partial charge in [0.1, 0.15) is 0 Å². The van der Waals surface area contributed by atoms with E-state index < -0.39 is 30.2 Å². The molecule has 2 saturated heterocycles. The Kier molecular flexibility index (Phi) is 4.25. The van der Waals surface area contributed by atoms with Gasteiger partial charge >= 0.3 is 13.3 Å². The lowest BCUT2D eigenvalue weighted by Gasteiger charge is -2.32. The molecule has 0 amide bonds. The first-order valence-corrected chi connectivity index (χ1v) is 8.11. The van der Waals surface area contributed by atoms with Crippen LogP contribution in [0, 0.1) is 0 Å². The molecule has 1 aromatic heterocycles. The average molecular weight is 346 g/mol. The Labute approximate surface area is 139 Å². The van der Waals surface area contributed by atoms with E-state index in [0.717, 1.165) is 12.5 Å². The summed E-state index contributed by atoms with van der Waals surface area (Å²) in [5.41, 5.74) is -1.91. The van der Waals surface area contributed by atoms with Crippen LogP contribution >= 0.6 is 0 Å². The predicted octanol–water partition coefficient (Wildman–Crippen LogP) is 2.55. The lowest BCUT2D eigenvalue weighted by atomic mass is 9.83. The Morgan fingerprint density at radius 1 is 1.21 bits per heavy atom. The second kappa shape index (κ2) is 5.74. The zero-order valence-electron chi connectivity index (χ0n) is 14.3. The number of nitrogens with zero attached hydrogens (tertiary/aromatic N) is 2. The summed E-state index contributed by atoms with van der Waals surface area (Å²) < 4.78 is 58.1. The maximum Gasteiger partial charge on any atom is 0.514 e. The molecule has 0 radical (unpaired) electrons. The number of rotatable bonds is 2. The molecule has 0 N–H and O–H groups in total. The van der Waals surface area contributed by atoms with E-state index in [-0.39, 0.29) is 11.6 Å². The number of hydrogen-bond donors (Lipinski definition) is 0. The fourth-order valence-corrected chi connectivity index (χ4v) is 2.90. The van der Waals surface area contributed by atoms with Crippen molar-refractivity contribution in [3.8, 4) is 0 Å². The van der Waals surface area contributed by atoms with Crippen molar-refractivity contribution in [2.24, 2.45) is 0 Å². The second-order valence-corrected chi connectivity index (χ2v) is 7.36. The molecule has 1 atom stereocenters. The van der Waals surface area contributed by atoms with Gasteiger partial charge in [0.25, 0.3) is 0 Å². The van der Waals surface area contributed by atoms with Crippen molar-refractivity contribution in [2.45, 2.75) is 64.0 Å². The Morgan fingerprint density at radius 2 is 1.83 bits per heavy atom. The third kappa shape index (κ3) is 3.09. The van der Waals surface area contributed by atoms with Gasteiger partial charge in [-0.25, -0.2) is 0 Å². The number of ether oxygens (including phenoxy) is 1. The third-order valence-electron chi connectivity index (χ3n) is 5.03. The average Bonchev–Trinajstić information content (AvgIpc) is 2.99. The van der Waals surface area contributed by atoms with Gasteiger partial charge in [0, 0.05) is 6.61 Å². The molecule has 9 heteroatoms. The first-order valence-electron chi connectivity index (χ1n) is 8.11. The third-order valence-corrected chi connectivity index (χ3v) is 5.03. The van der Waals surface area contributed by atoms with Crippen LogP contribution in [-0.4, -0.2) is 41.3 Å². The zero-order chi connectivity index (χ0) is 17.8. The Morgan fingerprint density at radius 3 is 2.33 bits per heavy atom. The van der Waals surface area contributed by atoms with E-state index in [1.165, 1.54) is 4.68 Å². The molecule has 2 fully saturated rings. The van der Waals surface area contributed by atoms with E-state index in [1.807, 2.05) is 27.7 Å². The van der Waals surface area contributed by atoms with Gasteiger partial charge in [0.15, 0.2) is 5.69 Å². The van der Waals surface area contributed by atoms with E-state index in [2.05, 4.69) is 5.10 Å². The van der Waals surface area contributed by atoms with Crippen molar-refractivity contribution < 1.29 is 27.2 Å². The first-order chi connectivity index (χ1) is 11.0. The Hall–Kier alpha value is -1.06. The van der Waals surface area contributed by atoms with E-state index in [0.29, 0.717) is 19.6 Å². The fourth-order valence-electron chi connectivity index (χ4n) is 2.90. The van der Waals surface area contributed by atoms with Gasteiger partial charge in [0.05, 0.1) is 29.4 Å². The van der Waals surface area contributed by atoms with Crippen molar-refractivity contribution in [3.05, 3.63) is 11.8 Å². The van der Waals surface area contributed by atoms with E-state index in [1.54, 1.807) is 0 Å². The summed E-state index contributed by atoms with van der Waals surface area (Å²) >= 11 is 0. The van der Waals surface area contributed by atoms with Crippen molar-refractivity contribution in [2.75, 3.05) is 13.2 Å². The summed E-state index contributed by atoms with van der Waals surface area (Å²) in [6.07, 6.45) is -3.01. The molecule has 1 aromatic rings. The number of aromatic nitrogens is 2. The Bertz CT molecular complexity index is 594. The summed E-state index contributed by atoms with van der Waals surface area (Å²) in [5, 5.41) is 3.80. The monoisotopic (exact) mass is 346 g/mol. The van der Waals surface area contributed by atoms with Gasteiger partial charge in [0.2, 0.25) is 0 Å². The Balaban J connectivity index is 1.98. The van der Waals surface area contributed by atoms with Crippen LogP contribution in [0.15, 0.2) is 6.07 Å². The zero-order valence-corrected chi connectivity index (χ0v) is 14.3. The summed E-state index contributed by atoms with van der Waals surface area (Å²) in [4.78, 5) is 0. The molecule has 2 aliphatic heterocycles. The van der Waals surface area contributed by atoms with Gasteiger partial charge < -0.3 is 14.0 Å². The molecule has 0 saturated carbocycles. The van der Waals surface area contributed by atoms with Gasteiger partial charge in [-0.15, -0.1) is 0 Å². The topological polar surface area (TPSA) is 45.5 Å². The lowest BCUT2D eigenvalue weighted by Crippen LogP contribution is -2.42. The number of alkyl halides is 3. The van der Waals surface area contributed by atoms with Crippen LogP contribution in [0.5, 0.6) is 0 Å². The first kappa shape index (κ1) is 17.8. The summed E-state index contributed by atoms with van der Waals surface area (Å²) in [6, 6.07) is 0.778. The molecular weight excluding hydrogens is 324 g/mol. The standard InChI is InChI=1S/C15H22BF3N2O3/c1-13(2)14(3,4)24-16(23-13)12-8-11(15(17,18)19)20-21(12)10-6-5-7-22-9-10/h8,10H,5-7,9H2,1-4H3. The van der Waals surface area contributed by atoms with Crippen molar-refractivity contribution in [3.63, 3.8) is 0 Å². The summed E-state index contributed by atoms with van der Waals surface area (Å²) in [6.45, 7) is 8.41. The normalized spacial score (nSPS) is 26.8. The maximum absolute atomic E-state index is 13.2. The molecular formula is C15H22BF3N2O3. The lowest BCUT2D eigenvalue weighted by molar-refractivity contribution is -0.141. The molecule has 5 nitrogen and oxygen atoms in total. The SMILES string of the molecule is CC1(C)OB(c2cc(C(F)(F)F)nn2C2CCCOC2)OC1(C)C. The van der Waals surface area contributed by atoms with Crippen LogP contribution in [0.25, 0.3) is 0 Å². The molecule has 134 valence electrons. The van der Waals surface area contributed by atoms with Gasteiger partial charge in [-0.05, 0) is 46.6 Å². The molecule has 1 unspecified atom stereocenters. The molecule has 3 rings (SSSR count). The van der Waals surface area contributed by atoms with E-state index in [9.17, 15) is 13.2 Å². The molecule has 3 heterocycles. The van der Waals surface area contributed by atoms with Crippen LogP contribution in [-0.2, 0) is 20.2 Å². The molecule has 0 aliphatic carbocycles. The van der Waals surface area contributed by atoms with Crippen molar-refractivity contribution >= 4 is 12.7 Å². The summed E-state index contributed by atoms with van der Waals surface area (Å²) in [7, 11) is -0.888. The highest BCUT2D eigenvalue weighted by molar-refractivity contribution is 6.61. The van der Waals surface area contributed by atoms with E-state index in [4.69, 9.17) is 14.0 Å². The molecule has 0 aromatic carbocycles. The van der Waals surface area contributed by atoms with Gasteiger partial charge in [-0.3, -0.25) is 4.68 Å². The van der Waals surface area contributed by atoms with Crippen LogP contribution in [0.2, 0.25) is 0 Å². The van der Waals surface area contributed by atoms with Gasteiger partial charge in [-0.1, -0.05) is 0 Å². The highest BCUT2D eigenvalue weighted by Crippen LogP contribution is 2.37. The minimum Gasteiger partial charge on any atom is -0.398 e. The highest BCUT2D eigenvalue weighted by Gasteiger charge is 2.54. The van der Waals surface area contributed by atoms with Gasteiger partial charge in [-0.2, -0.15) is 18.3 Å². The quantitative estimate of drug-likeness (QED) is 0.773. The van der Waals surface area contributed by atoms with E-state index >= 15 is 0 Å². The molecule has 0 bridgehead atoms. The van der Waals surface area contributed by atoms with Crippen LogP contribution in [0.4, 0.5) is 13.2 Å². The minimum atomic E-state index is -4.51. The minimum absolute atomic E-state index is 0.246. The summed E-state index contributed by atoms with van der Waals surface area (Å²) in [5.74, 6) is 0. The van der Waals surface area contributed by atoms with Crippen molar-refractivity contribution in [1.82, 2.24) is 9.78 Å². The maximum atomic E-state index is 13.2. The highest BCUT2D eigenvalue weighted by atomic mass is 19.4. The van der Waals surface area contributed by atoms with Crippen LogP contribution in [0.3, 0.4) is 0 Å². The number of hydrogen-bond acceptors (Lipinski definition) is 4. The fraction of sp³-hybridized carbons (Fsp3) is 0.800. The second-order valence-electron chi connectivity index (χ2n) is 7.36. The smallest absolute Gasteiger partial charge is 0.398 e. The van der Waals surface area contributed by atoms with Crippen LogP contribution in [0.1, 0.15) is 52.3 Å². The molecule has 0 spiro atoms.